The molecule has 29 atom stereocenters. The smallest absolute Gasteiger partial charge is 0.317 e. The number of aliphatic hydroxyl groups excluding tert-OH is 14. The lowest BCUT2D eigenvalue weighted by atomic mass is 9.33. The molecule has 9 aliphatic rings. The molecule has 23 nitrogen and oxygen atoms in total. The number of esters is 1. The third-order valence-corrected chi connectivity index (χ3v) is 21.4. The first-order valence-corrected chi connectivity index (χ1v) is 27.8. The lowest BCUT2D eigenvalue weighted by molar-refractivity contribution is -0.376. The zero-order valence-electron chi connectivity index (χ0n) is 45.4. The van der Waals surface area contributed by atoms with Crippen molar-refractivity contribution in [2.45, 2.75) is 248 Å². The van der Waals surface area contributed by atoms with Crippen molar-refractivity contribution in [3.8, 4) is 0 Å². The highest BCUT2D eigenvalue weighted by molar-refractivity contribution is 5.80. The summed E-state index contributed by atoms with van der Waals surface area (Å²) < 4.78 is 48.3. The standard InChI is InChI=1S/C54H88O23/c1-22-32(59)36(63)40(67)44(70-22)75-42-38(65)34(61)26(20-56)72-46(42)74-31-12-13-51(6)28(50(31,4)5)11-14-52(7)29(51)10-9-23-24-17-49(2,3)15-16-54(24,30(58)18-53(23,52)8)48(69)77-47-43(39(66)35(62)27(21-57)73-47)76-45-41(68)37(64)33(60)25(19-55)71-45/h9,22,24-47,55-68H,10-21H2,1-8H3/t22-,24-,25+,26+,27+,28-,29+,30+,31-,32-,33+,34+,35+,36+,37-,38-,39-,40+,41+,42+,43+,44-,45-,46-,47-,51-,52+,53+,54+/m0/s1. The number of rotatable bonds is 11. The van der Waals surface area contributed by atoms with Crippen LogP contribution in [0.2, 0.25) is 0 Å². The number of hydrogen-bond acceptors (Lipinski definition) is 23. The lowest BCUT2D eigenvalue weighted by Gasteiger charge is -2.72. The Morgan fingerprint density at radius 3 is 1.66 bits per heavy atom. The highest BCUT2D eigenvalue weighted by Crippen LogP contribution is 2.76. The van der Waals surface area contributed by atoms with E-state index in [0.717, 1.165) is 18.4 Å². The topological polar surface area (TPSA) is 374 Å². The molecule has 9 rings (SSSR count). The van der Waals surface area contributed by atoms with Gasteiger partial charge < -0.3 is 109 Å². The summed E-state index contributed by atoms with van der Waals surface area (Å²) in [7, 11) is 0. The van der Waals surface area contributed by atoms with E-state index in [2.05, 4.69) is 54.5 Å². The van der Waals surface area contributed by atoms with Gasteiger partial charge in [-0.25, -0.2) is 0 Å². The fraction of sp³-hybridized carbons (Fsp3) is 0.944. The lowest BCUT2D eigenvalue weighted by Crippen LogP contribution is -2.69. The molecule has 0 amide bonds. The van der Waals surface area contributed by atoms with Gasteiger partial charge in [0, 0.05) is 0 Å². The summed E-state index contributed by atoms with van der Waals surface area (Å²) in [6.07, 6.45) is -26.8. The second-order valence-electron chi connectivity index (χ2n) is 26.4. The first-order valence-electron chi connectivity index (χ1n) is 27.8. The van der Waals surface area contributed by atoms with Crippen LogP contribution in [0, 0.1) is 50.2 Å². The second kappa shape index (κ2) is 21.5. The molecule has 23 heteroatoms. The summed E-state index contributed by atoms with van der Waals surface area (Å²) in [6.45, 7) is 14.6. The van der Waals surface area contributed by atoms with Gasteiger partial charge in [-0.2, -0.15) is 0 Å². The SMILES string of the molecule is C[C@@H]1O[C@@H](O[C@H]2[C@H](O[C@H]3CC[C@]4(C)[C@H]5CC=C6[C@@H]7CC(C)(C)CC[C@]7(C(=O)O[C@@H]7O[C@H](CO)[C@@H](O)[C@H](O)[C@H]7O[C@@H]7O[C@H](CO)[C@@H](O)[C@H](O)[C@H]7O)[C@H](O)C[C@@]6(C)[C@]5(C)CC[C@H]4C3(C)C)O[C@H](CO)[C@@H](O)[C@@H]2O)[C@H](O)[C@H](O)[C@H]1O. The average Bonchev–Trinajstić information content (AvgIpc) is 3.39. The molecule has 0 aromatic carbocycles. The number of allylic oxidation sites excluding steroid dienone is 2. The van der Waals surface area contributed by atoms with E-state index in [1.54, 1.807) is 0 Å². The highest BCUT2D eigenvalue weighted by atomic mass is 16.8. The van der Waals surface area contributed by atoms with Gasteiger partial charge in [-0.1, -0.05) is 60.1 Å². The Morgan fingerprint density at radius 1 is 0.558 bits per heavy atom. The van der Waals surface area contributed by atoms with E-state index >= 15 is 4.79 Å². The van der Waals surface area contributed by atoms with Crippen molar-refractivity contribution in [2.75, 3.05) is 19.8 Å². The Labute approximate surface area is 449 Å². The van der Waals surface area contributed by atoms with Crippen molar-refractivity contribution >= 4 is 5.97 Å². The van der Waals surface area contributed by atoms with Crippen LogP contribution in [0.25, 0.3) is 0 Å². The third-order valence-electron chi connectivity index (χ3n) is 21.4. The predicted molar refractivity (Wildman–Crippen MR) is 263 cm³/mol. The molecule has 0 spiro atoms. The van der Waals surface area contributed by atoms with Gasteiger partial charge in [-0.15, -0.1) is 0 Å². The predicted octanol–water partition coefficient (Wildman–Crippen LogP) is -2.04. The number of carbonyl (C=O) groups is 1. The summed E-state index contributed by atoms with van der Waals surface area (Å²) in [6, 6.07) is 0. The van der Waals surface area contributed by atoms with Crippen molar-refractivity contribution in [3.63, 3.8) is 0 Å². The summed E-state index contributed by atoms with van der Waals surface area (Å²) in [5.74, 6) is -1.25. The van der Waals surface area contributed by atoms with Crippen LogP contribution in [0.4, 0.5) is 0 Å². The molecule has 14 N–H and O–H groups in total. The first-order chi connectivity index (χ1) is 36.0. The number of fused-ring (bicyclic) bond motifs is 7. The van der Waals surface area contributed by atoms with Gasteiger partial charge in [0.15, 0.2) is 25.0 Å². The number of hydrogen-bond donors (Lipinski definition) is 14. The summed E-state index contributed by atoms with van der Waals surface area (Å²) in [4.78, 5) is 15.3. The maximum atomic E-state index is 15.3. The molecule has 5 aliphatic carbocycles. The van der Waals surface area contributed by atoms with Crippen LogP contribution < -0.4 is 0 Å². The molecule has 442 valence electrons. The van der Waals surface area contributed by atoms with E-state index < -0.39 is 188 Å². The highest BCUT2D eigenvalue weighted by Gasteiger charge is 2.72. The van der Waals surface area contributed by atoms with Gasteiger partial charge in [0.05, 0.1) is 38.1 Å². The van der Waals surface area contributed by atoms with E-state index in [4.69, 9.17) is 37.9 Å². The van der Waals surface area contributed by atoms with E-state index in [0.29, 0.717) is 32.1 Å². The van der Waals surface area contributed by atoms with Crippen molar-refractivity contribution in [2.24, 2.45) is 50.2 Å². The molecular formula is C54H88O23. The van der Waals surface area contributed by atoms with Gasteiger partial charge in [0.1, 0.15) is 90.9 Å². The van der Waals surface area contributed by atoms with Crippen molar-refractivity contribution in [1.29, 1.82) is 0 Å². The molecule has 77 heavy (non-hydrogen) atoms. The molecule has 4 aliphatic heterocycles. The molecule has 0 bridgehead atoms. The molecule has 0 unspecified atom stereocenters. The van der Waals surface area contributed by atoms with Crippen LogP contribution in [0.15, 0.2) is 11.6 Å². The van der Waals surface area contributed by atoms with Crippen LogP contribution in [0.5, 0.6) is 0 Å². The van der Waals surface area contributed by atoms with E-state index in [9.17, 15) is 71.5 Å². The number of ether oxygens (including phenoxy) is 8. The van der Waals surface area contributed by atoms with E-state index in [1.807, 2.05) is 0 Å². The van der Waals surface area contributed by atoms with Crippen molar-refractivity contribution in [3.05, 3.63) is 11.6 Å². The van der Waals surface area contributed by atoms with Crippen LogP contribution in [0.1, 0.15) is 113 Å². The van der Waals surface area contributed by atoms with Gasteiger partial charge in [0.25, 0.3) is 0 Å². The average molecular weight is 1110 g/mol. The summed E-state index contributed by atoms with van der Waals surface area (Å²) >= 11 is 0. The first kappa shape index (κ1) is 60.0. The molecule has 0 aromatic rings. The van der Waals surface area contributed by atoms with Crippen molar-refractivity contribution < 1.29 is 114 Å². The summed E-state index contributed by atoms with van der Waals surface area (Å²) in [5, 5.41) is 152. The molecule has 0 radical (unpaired) electrons. The van der Waals surface area contributed by atoms with E-state index in [1.165, 1.54) is 6.92 Å². The van der Waals surface area contributed by atoms with Crippen LogP contribution in [0.3, 0.4) is 0 Å². The number of carbonyl (C=O) groups excluding carboxylic acids is 1. The maximum absolute atomic E-state index is 15.3. The quantitative estimate of drug-likeness (QED) is 0.0602. The Hall–Kier alpha value is -1.63. The van der Waals surface area contributed by atoms with Crippen LogP contribution in [-0.2, 0) is 42.7 Å². The van der Waals surface area contributed by atoms with Gasteiger partial charge >= 0.3 is 5.97 Å². The zero-order chi connectivity index (χ0) is 56.4. The minimum absolute atomic E-state index is 0.0555. The molecule has 4 saturated heterocycles. The minimum atomic E-state index is -1.92. The largest absolute Gasteiger partial charge is 0.432 e. The second-order valence-corrected chi connectivity index (χ2v) is 26.4. The third kappa shape index (κ3) is 9.61. The number of aliphatic hydroxyl groups is 14. The fourth-order valence-electron chi connectivity index (χ4n) is 16.5. The molecule has 4 heterocycles. The zero-order valence-corrected chi connectivity index (χ0v) is 45.4. The Morgan fingerprint density at radius 2 is 1.08 bits per heavy atom. The maximum Gasteiger partial charge on any atom is 0.317 e. The molecule has 4 saturated carbocycles. The molecular weight excluding hydrogens is 1020 g/mol. The van der Waals surface area contributed by atoms with Crippen molar-refractivity contribution in [1.82, 2.24) is 0 Å². The van der Waals surface area contributed by atoms with Gasteiger partial charge in [-0.3, -0.25) is 4.79 Å². The van der Waals surface area contributed by atoms with Gasteiger partial charge in [-0.05, 0) is 110 Å². The normalized spacial score (nSPS) is 54.4. The Bertz CT molecular complexity index is 2130. The molecule has 0 aromatic heterocycles. The minimum Gasteiger partial charge on any atom is -0.432 e. The summed E-state index contributed by atoms with van der Waals surface area (Å²) in [5.41, 5.74) is -2.66. The Balaban J connectivity index is 0.981. The molecule has 8 fully saturated rings. The van der Waals surface area contributed by atoms with E-state index in [-0.39, 0.29) is 35.5 Å². The van der Waals surface area contributed by atoms with Crippen LogP contribution in [-0.4, -0.2) is 232 Å². The monoisotopic (exact) mass is 1100 g/mol. The van der Waals surface area contributed by atoms with Crippen LogP contribution >= 0.6 is 0 Å². The van der Waals surface area contributed by atoms with Gasteiger partial charge in [0.2, 0.25) is 6.29 Å². The fourth-order valence-corrected chi connectivity index (χ4v) is 16.5. The Kier molecular flexibility index (Phi) is 16.8.